The molecule has 8 nitrogen and oxygen atoms in total. The Morgan fingerprint density at radius 1 is 0.611 bits per heavy atom. The fourth-order valence-electron chi connectivity index (χ4n) is 3.57. The smallest absolute Gasteiger partial charge is 0.303 e. The van der Waals surface area contributed by atoms with Crippen LogP contribution in [-0.4, -0.2) is 48.3 Å². The first-order valence-electron chi connectivity index (χ1n) is 12.5. The van der Waals surface area contributed by atoms with Crippen LogP contribution >= 0.6 is 0 Å². The van der Waals surface area contributed by atoms with Crippen LogP contribution in [-0.2, 0) is 38.1 Å². The molecule has 0 fully saturated rings. The first kappa shape index (κ1) is 33.1. The van der Waals surface area contributed by atoms with Gasteiger partial charge in [-0.15, -0.1) is 0 Å². The fraction of sp³-hybridized carbons (Fsp3) is 0.643. The molecule has 4 atom stereocenters. The molecule has 4 unspecified atom stereocenters. The van der Waals surface area contributed by atoms with Crippen molar-refractivity contribution in [3.8, 4) is 0 Å². The number of hydrogen-bond donors (Lipinski definition) is 0. The molecule has 0 radical (unpaired) electrons. The highest BCUT2D eigenvalue weighted by molar-refractivity contribution is 5.67. The van der Waals surface area contributed by atoms with E-state index in [1.54, 1.807) is 24.3 Å². The summed E-state index contributed by atoms with van der Waals surface area (Å²) in [4.78, 5) is 45.8. The molecule has 0 aromatic rings. The van der Waals surface area contributed by atoms with Gasteiger partial charge < -0.3 is 18.9 Å². The second-order valence-electron chi connectivity index (χ2n) is 9.54. The zero-order chi connectivity index (χ0) is 27.7. The van der Waals surface area contributed by atoms with Crippen LogP contribution in [0.5, 0.6) is 0 Å². The lowest BCUT2D eigenvalue weighted by atomic mass is 9.99. The largest absolute Gasteiger partial charge is 0.462 e. The van der Waals surface area contributed by atoms with Gasteiger partial charge in [-0.05, 0) is 24.3 Å². The quantitative estimate of drug-likeness (QED) is 0.158. The lowest BCUT2D eigenvalue weighted by Crippen LogP contribution is -2.29. The van der Waals surface area contributed by atoms with Gasteiger partial charge in [-0.1, -0.05) is 58.1 Å². The summed E-state index contributed by atoms with van der Waals surface area (Å²) in [5.74, 6) is -1.12. The third-order valence-corrected chi connectivity index (χ3v) is 4.96. The van der Waals surface area contributed by atoms with Crippen LogP contribution in [0.25, 0.3) is 0 Å². The molecule has 0 spiro atoms. The predicted octanol–water partition coefficient (Wildman–Crippen LogP) is 5.25. The maximum absolute atomic E-state index is 11.5. The average Bonchev–Trinajstić information content (AvgIpc) is 2.69. The second-order valence-corrected chi connectivity index (χ2v) is 9.54. The Hall–Kier alpha value is -2.90. The summed E-state index contributed by atoms with van der Waals surface area (Å²) < 4.78 is 21.5. The van der Waals surface area contributed by atoms with Crippen LogP contribution in [0, 0.1) is 11.8 Å². The maximum Gasteiger partial charge on any atom is 0.303 e. The zero-order valence-electron chi connectivity index (χ0n) is 23.0. The number of esters is 4. The van der Waals surface area contributed by atoms with Gasteiger partial charge in [0, 0.05) is 47.0 Å². The van der Waals surface area contributed by atoms with Gasteiger partial charge in [0.05, 0.1) is 0 Å². The summed E-state index contributed by atoms with van der Waals surface area (Å²) in [6, 6.07) is 0. The Bertz CT molecular complexity index is 778. The van der Waals surface area contributed by atoms with Crippen molar-refractivity contribution in [1.29, 1.82) is 0 Å². The van der Waals surface area contributed by atoms with Gasteiger partial charge in [0.2, 0.25) is 0 Å². The zero-order valence-corrected chi connectivity index (χ0v) is 23.0. The molecule has 204 valence electrons. The van der Waals surface area contributed by atoms with Crippen LogP contribution in [0.1, 0.15) is 81.1 Å². The summed E-state index contributed by atoms with van der Waals surface area (Å²) in [7, 11) is 0. The molecule has 0 N–H and O–H groups in total. The molecule has 0 aliphatic carbocycles. The summed E-state index contributed by atoms with van der Waals surface area (Å²) in [5, 5.41) is 0. The Morgan fingerprint density at radius 3 is 1.64 bits per heavy atom. The van der Waals surface area contributed by atoms with E-state index in [1.807, 2.05) is 39.8 Å². The van der Waals surface area contributed by atoms with Crippen molar-refractivity contribution in [1.82, 2.24) is 0 Å². The molecule has 0 saturated heterocycles. The first-order chi connectivity index (χ1) is 16.8. The monoisotopic (exact) mass is 508 g/mol. The minimum atomic E-state index is -0.526. The van der Waals surface area contributed by atoms with Gasteiger partial charge in [0.15, 0.2) is 0 Å². The van der Waals surface area contributed by atoms with E-state index >= 15 is 0 Å². The minimum absolute atomic E-state index is 0.0899. The van der Waals surface area contributed by atoms with E-state index in [2.05, 4.69) is 0 Å². The van der Waals surface area contributed by atoms with Crippen molar-refractivity contribution in [2.75, 3.05) is 0 Å². The van der Waals surface area contributed by atoms with Crippen molar-refractivity contribution in [3.05, 3.63) is 36.5 Å². The molecule has 0 aliphatic heterocycles. The number of ether oxygens (including phenoxy) is 4. The second kappa shape index (κ2) is 18.4. The van der Waals surface area contributed by atoms with E-state index in [0.717, 1.165) is 0 Å². The van der Waals surface area contributed by atoms with Crippen LogP contribution in [0.4, 0.5) is 0 Å². The van der Waals surface area contributed by atoms with Crippen molar-refractivity contribution >= 4 is 23.9 Å². The van der Waals surface area contributed by atoms with E-state index in [4.69, 9.17) is 18.9 Å². The van der Waals surface area contributed by atoms with Gasteiger partial charge in [-0.3, -0.25) is 19.2 Å². The van der Waals surface area contributed by atoms with E-state index in [0.29, 0.717) is 31.6 Å². The van der Waals surface area contributed by atoms with E-state index in [1.165, 1.54) is 27.7 Å². The van der Waals surface area contributed by atoms with Gasteiger partial charge in [0.1, 0.15) is 24.4 Å². The van der Waals surface area contributed by atoms with E-state index in [-0.39, 0.29) is 30.1 Å². The molecule has 0 rings (SSSR count). The molecule has 0 heterocycles. The van der Waals surface area contributed by atoms with Crippen molar-refractivity contribution in [2.24, 2.45) is 11.8 Å². The Labute approximate surface area is 216 Å². The Balaban J connectivity index is 5.10. The van der Waals surface area contributed by atoms with E-state index in [9.17, 15) is 19.2 Å². The maximum atomic E-state index is 11.5. The highest BCUT2D eigenvalue weighted by Crippen LogP contribution is 2.19. The van der Waals surface area contributed by atoms with Crippen LogP contribution in [0.2, 0.25) is 0 Å². The van der Waals surface area contributed by atoms with Crippen LogP contribution in [0.15, 0.2) is 36.5 Å². The third kappa shape index (κ3) is 18.4. The summed E-state index contributed by atoms with van der Waals surface area (Å²) in [6.45, 7) is 13.4. The average molecular weight is 509 g/mol. The minimum Gasteiger partial charge on any atom is -0.462 e. The predicted molar refractivity (Wildman–Crippen MR) is 138 cm³/mol. The SMILES string of the molecule is CC(=O)OC(/C=C/C=C/C=C/CC(CC(OC(C)=O)C(C)C)OC(C)=O)CC(CC(C)C)OC(C)=O. The molecule has 0 aromatic carbocycles. The Morgan fingerprint density at radius 2 is 1.14 bits per heavy atom. The van der Waals surface area contributed by atoms with Crippen LogP contribution in [0.3, 0.4) is 0 Å². The number of allylic oxidation sites excluding steroid dienone is 4. The lowest BCUT2D eigenvalue weighted by Gasteiger charge is -2.25. The van der Waals surface area contributed by atoms with Crippen molar-refractivity contribution < 1.29 is 38.1 Å². The highest BCUT2D eigenvalue weighted by atomic mass is 16.6. The number of rotatable bonds is 16. The van der Waals surface area contributed by atoms with Crippen LogP contribution < -0.4 is 0 Å². The normalized spacial score (nSPS) is 15.3. The summed E-state index contributed by atoms with van der Waals surface area (Å²) in [6.07, 6.45) is 11.1. The summed E-state index contributed by atoms with van der Waals surface area (Å²) >= 11 is 0. The first-order valence-corrected chi connectivity index (χ1v) is 12.5. The molecule has 0 aliphatic rings. The molecule has 0 aromatic heterocycles. The van der Waals surface area contributed by atoms with Gasteiger partial charge in [-0.2, -0.15) is 0 Å². The molecular weight excluding hydrogens is 464 g/mol. The number of hydrogen-bond acceptors (Lipinski definition) is 8. The molecule has 36 heavy (non-hydrogen) atoms. The molecule has 0 bridgehead atoms. The topological polar surface area (TPSA) is 105 Å². The van der Waals surface area contributed by atoms with Crippen molar-refractivity contribution in [3.63, 3.8) is 0 Å². The van der Waals surface area contributed by atoms with E-state index < -0.39 is 24.1 Å². The van der Waals surface area contributed by atoms with Crippen molar-refractivity contribution in [2.45, 2.75) is 105 Å². The lowest BCUT2D eigenvalue weighted by molar-refractivity contribution is -0.155. The van der Waals surface area contributed by atoms with Gasteiger partial charge in [-0.25, -0.2) is 0 Å². The van der Waals surface area contributed by atoms with Gasteiger partial charge in [0.25, 0.3) is 0 Å². The summed E-state index contributed by atoms with van der Waals surface area (Å²) in [5.41, 5.74) is 0. The highest BCUT2D eigenvalue weighted by Gasteiger charge is 2.23. The molecule has 8 heteroatoms. The number of carbonyl (C=O) groups is 4. The molecular formula is C28H44O8. The molecule has 0 amide bonds. The van der Waals surface area contributed by atoms with Gasteiger partial charge >= 0.3 is 23.9 Å². The fourth-order valence-corrected chi connectivity index (χ4v) is 3.57. The molecule has 0 saturated carbocycles. The standard InChI is InChI=1S/C28H44O8/c1-19(2)16-27(35-23(7)31)17-25(33-21(5)29)14-12-10-9-11-13-15-26(34-22(6)30)18-28(20(3)4)36-24(8)32/h9-14,19-20,25-28H,15-18H2,1-8H3/b10-9+,13-11+,14-12+. The Kier molecular flexibility index (Phi) is 16.9. The number of carbonyl (C=O) groups excluding carboxylic acids is 4. The third-order valence-electron chi connectivity index (χ3n) is 4.96.